The quantitative estimate of drug-likeness (QED) is 0.425. The van der Waals surface area contributed by atoms with Gasteiger partial charge in [-0.2, -0.15) is 9.61 Å². The largest absolute Gasteiger partial charge is 0.366 e. The number of hydrogen-bond donors (Lipinski definition) is 1. The summed E-state index contributed by atoms with van der Waals surface area (Å²) in [5, 5.41) is 9.05. The first-order valence-corrected chi connectivity index (χ1v) is 12.2. The zero-order valence-electron chi connectivity index (χ0n) is 18.5. The maximum Gasteiger partial charge on any atom is 0.225 e. The molecule has 0 bridgehead atoms. The minimum absolute atomic E-state index is 0.524. The van der Waals surface area contributed by atoms with Gasteiger partial charge in [0, 0.05) is 78.9 Å². The van der Waals surface area contributed by atoms with Crippen LogP contribution >= 0.6 is 23.2 Å². The van der Waals surface area contributed by atoms with Crippen molar-refractivity contribution in [3.8, 4) is 11.3 Å². The summed E-state index contributed by atoms with van der Waals surface area (Å²) in [5.41, 5.74) is 3.32. The van der Waals surface area contributed by atoms with E-state index in [4.69, 9.17) is 28.2 Å². The van der Waals surface area contributed by atoms with Gasteiger partial charge in [-0.25, -0.2) is 15.0 Å². The first kappa shape index (κ1) is 21.6. The smallest absolute Gasteiger partial charge is 0.225 e. The highest BCUT2D eigenvalue weighted by atomic mass is 35.5. The fourth-order valence-electron chi connectivity index (χ4n) is 4.38. The lowest BCUT2D eigenvalue weighted by Crippen LogP contribution is -2.47. The molecule has 6 rings (SSSR count). The topological polar surface area (TPSA) is 74.5 Å². The SMILES string of the molecule is Clc1ccc(CNc2cc(-c3cnc(N4CCN(C5CC5)CC4)nc3)nc3ccnn23)c(Cl)c1. The van der Waals surface area contributed by atoms with Gasteiger partial charge in [-0.05, 0) is 30.5 Å². The normalized spacial score (nSPS) is 16.8. The lowest BCUT2D eigenvalue weighted by molar-refractivity contribution is 0.247. The third-order valence-corrected chi connectivity index (χ3v) is 7.02. The van der Waals surface area contributed by atoms with Gasteiger partial charge in [0.1, 0.15) is 5.82 Å². The highest BCUT2D eigenvalue weighted by Crippen LogP contribution is 2.28. The van der Waals surface area contributed by atoms with Crippen molar-refractivity contribution >= 4 is 40.6 Å². The molecule has 1 aromatic carbocycles. The van der Waals surface area contributed by atoms with Crippen LogP contribution in [0.1, 0.15) is 18.4 Å². The van der Waals surface area contributed by atoms with Crippen molar-refractivity contribution in [3.05, 3.63) is 64.5 Å². The van der Waals surface area contributed by atoms with Crippen LogP contribution in [-0.2, 0) is 6.54 Å². The van der Waals surface area contributed by atoms with Crippen molar-refractivity contribution in [2.75, 3.05) is 36.4 Å². The van der Waals surface area contributed by atoms with E-state index in [0.29, 0.717) is 16.6 Å². The predicted molar refractivity (Wildman–Crippen MR) is 135 cm³/mol. The Labute approximate surface area is 207 Å². The van der Waals surface area contributed by atoms with Crippen LogP contribution in [0.2, 0.25) is 10.0 Å². The van der Waals surface area contributed by atoms with Gasteiger partial charge in [0.25, 0.3) is 0 Å². The summed E-state index contributed by atoms with van der Waals surface area (Å²) in [6.45, 7) is 4.63. The molecule has 8 nitrogen and oxygen atoms in total. The van der Waals surface area contributed by atoms with E-state index in [2.05, 4.69) is 30.2 Å². The van der Waals surface area contributed by atoms with E-state index >= 15 is 0 Å². The third kappa shape index (κ3) is 4.41. The summed E-state index contributed by atoms with van der Waals surface area (Å²) in [5.74, 6) is 1.58. The highest BCUT2D eigenvalue weighted by Gasteiger charge is 2.31. The first-order valence-electron chi connectivity index (χ1n) is 11.5. The van der Waals surface area contributed by atoms with E-state index in [1.807, 2.05) is 36.7 Å². The van der Waals surface area contributed by atoms with Crippen molar-refractivity contribution in [1.29, 1.82) is 0 Å². The van der Waals surface area contributed by atoms with Crippen molar-refractivity contribution < 1.29 is 0 Å². The van der Waals surface area contributed by atoms with Gasteiger partial charge in [0.15, 0.2) is 5.65 Å². The molecule has 2 aliphatic rings. The van der Waals surface area contributed by atoms with Gasteiger partial charge in [0.2, 0.25) is 5.95 Å². The summed E-state index contributed by atoms with van der Waals surface area (Å²) in [6.07, 6.45) is 8.13. The molecule has 0 spiro atoms. The van der Waals surface area contributed by atoms with Crippen molar-refractivity contribution in [1.82, 2.24) is 29.5 Å². The van der Waals surface area contributed by atoms with E-state index < -0.39 is 0 Å². The van der Waals surface area contributed by atoms with E-state index in [0.717, 1.165) is 66.5 Å². The number of rotatable bonds is 6. The van der Waals surface area contributed by atoms with Crippen LogP contribution in [-0.4, -0.2) is 61.7 Å². The minimum Gasteiger partial charge on any atom is -0.366 e. The number of halogens is 2. The molecule has 34 heavy (non-hydrogen) atoms. The molecule has 1 saturated heterocycles. The van der Waals surface area contributed by atoms with Gasteiger partial charge in [-0.3, -0.25) is 4.90 Å². The van der Waals surface area contributed by atoms with Gasteiger partial charge in [-0.1, -0.05) is 29.3 Å². The van der Waals surface area contributed by atoms with Crippen LogP contribution in [0, 0.1) is 0 Å². The molecule has 0 amide bonds. The fraction of sp³-hybridized carbons (Fsp3) is 0.333. The molecule has 2 fully saturated rings. The Morgan fingerprint density at radius 2 is 1.76 bits per heavy atom. The highest BCUT2D eigenvalue weighted by molar-refractivity contribution is 6.35. The molecule has 1 aliphatic carbocycles. The van der Waals surface area contributed by atoms with Crippen LogP contribution in [0.3, 0.4) is 0 Å². The Balaban J connectivity index is 1.21. The number of nitrogens with one attached hydrogen (secondary N) is 1. The Kier molecular flexibility index (Phi) is 5.72. The molecule has 0 atom stereocenters. The van der Waals surface area contributed by atoms with E-state index in [-0.39, 0.29) is 0 Å². The molecule has 1 N–H and O–H groups in total. The molecular formula is C24H24Cl2N8. The summed E-state index contributed by atoms with van der Waals surface area (Å²) in [4.78, 5) is 18.9. The summed E-state index contributed by atoms with van der Waals surface area (Å²) < 4.78 is 1.77. The van der Waals surface area contributed by atoms with Crippen LogP contribution in [0.25, 0.3) is 16.9 Å². The van der Waals surface area contributed by atoms with Crippen LogP contribution in [0.4, 0.5) is 11.8 Å². The Morgan fingerprint density at radius 1 is 0.971 bits per heavy atom. The fourth-order valence-corrected chi connectivity index (χ4v) is 4.86. The van der Waals surface area contributed by atoms with Crippen molar-refractivity contribution in [2.45, 2.75) is 25.4 Å². The maximum atomic E-state index is 6.34. The summed E-state index contributed by atoms with van der Waals surface area (Å²) in [6, 6.07) is 10.1. The van der Waals surface area contributed by atoms with E-state index in [1.165, 1.54) is 12.8 Å². The average Bonchev–Trinajstić information content (AvgIpc) is 3.60. The molecule has 174 valence electrons. The molecule has 0 unspecified atom stereocenters. The summed E-state index contributed by atoms with van der Waals surface area (Å²) in [7, 11) is 0. The molecule has 10 heteroatoms. The van der Waals surface area contributed by atoms with Crippen LogP contribution in [0.15, 0.2) is 48.9 Å². The van der Waals surface area contributed by atoms with Gasteiger partial charge in [-0.15, -0.1) is 0 Å². The molecule has 1 aliphatic heterocycles. The summed E-state index contributed by atoms with van der Waals surface area (Å²) >= 11 is 12.4. The maximum absolute atomic E-state index is 6.34. The standard InChI is InChI=1S/C24H24Cl2N8/c25-18-2-1-16(20(26)11-18)13-27-23-12-21(31-22-5-6-30-34(22)23)17-14-28-24(29-15-17)33-9-7-32(8-10-33)19-3-4-19/h1-2,5-6,11-12,14-15,19,27H,3-4,7-10,13H2. The second-order valence-electron chi connectivity index (χ2n) is 8.74. The molecule has 1 saturated carbocycles. The van der Waals surface area contributed by atoms with Gasteiger partial charge in [0.05, 0.1) is 11.9 Å². The number of benzene rings is 1. The molecule has 4 aromatic rings. The van der Waals surface area contributed by atoms with Crippen LogP contribution in [0.5, 0.6) is 0 Å². The second kappa shape index (κ2) is 9.02. The van der Waals surface area contributed by atoms with Crippen LogP contribution < -0.4 is 10.2 Å². The Morgan fingerprint density at radius 3 is 2.50 bits per heavy atom. The lowest BCUT2D eigenvalue weighted by atomic mass is 10.2. The minimum atomic E-state index is 0.524. The number of aromatic nitrogens is 5. The molecule has 3 aromatic heterocycles. The average molecular weight is 495 g/mol. The third-order valence-electron chi connectivity index (χ3n) is 6.43. The Bertz CT molecular complexity index is 1310. The monoisotopic (exact) mass is 494 g/mol. The van der Waals surface area contributed by atoms with E-state index in [9.17, 15) is 0 Å². The lowest BCUT2D eigenvalue weighted by Gasteiger charge is -2.34. The number of hydrogen-bond acceptors (Lipinski definition) is 7. The number of piperazine rings is 1. The second-order valence-corrected chi connectivity index (χ2v) is 9.59. The molecule has 4 heterocycles. The molecule has 0 radical (unpaired) electrons. The van der Waals surface area contributed by atoms with Crippen molar-refractivity contribution in [3.63, 3.8) is 0 Å². The predicted octanol–water partition coefficient (Wildman–Crippen LogP) is 4.39. The Hall–Kier alpha value is -2.94. The zero-order chi connectivity index (χ0) is 23.1. The number of anilines is 2. The first-order chi connectivity index (χ1) is 16.6. The number of nitrogens with zero attached hydrogens (tertiary/aromatic N) is 7. The number of fused-ring (bicyclic) bond motifs is 1. The van der Waals surface area contributed by atoms with Crippen molar-refractivity contribution in [2.24, 2.45) is 0 Å². The molecular weight excluding hydrogens is 471 g/mol. The van der Waals surface area contributed by atoms with Gasteiger partial charge < -0.3 is 10.2 Å². The zero-order valence-corrected chi connectivity index (χ0v) is 20.0. The van der Waals surface area contributed by atoms with E-state index in [1.54, 1.807) is 16.8 Å². The van der Waals surface area contributed by atoms with Gasteiger partial charge >= 0.3 is 0 Å².